The first-order valence-corrected chi connectivity index (χ1v) is 20.1. The Bertz CT molecular complexity index is 1920. The van der Waals surface area contributed by atoms with Gasteiger partial charge in [-0.1, -0.05) is 65.0 Å². The Labute approximate surface area is 316 Å². The topological polar surface area (TPSA) is 145 Å². The molecule has 0 aliphatic carbocycles. The molecule has 12 nitrogen and oxygen atoms in total. The predicted molar refractivity (Wildman–Crippen MR) is 206 cm³/mol. The summed E-state index contributed by atoms with van der Waals surface area (Å²) in [5, 5.41) is 17.7. The molecular weight excluding hydrogens is 713 g/mol. The van der Waals surface area contributed by atoms with Gasteiger partial charge in [0.05, 0.1) is 36.4 Å². The van der Waals surface area contributed by atoms with Crippen LogP contribution in [0, 0.1) is 11.3 Å². The first kappa shape index (κ1) is 39.8. The fourth-order valence-corrected chi connectivity index (χ4v) is 8.93. The number of carbonyl (C=O) groups excluding carboxylic acids is 2. The van der Waals surface area contributed by atoms with Crippen LogP contribution in [0.2, 0.25) is 0 Å². The van der Waals surface area contributed by atoms with E-state index in [1.54, 1.807) is 34.3 Å². The minimum atomic E-state index is -4.02. The lowest BCUT2D eigenvalue weighted by molar-refractivity contribution is -0.130. The number of benzene rings is 2. The first-order valence-electron chi connectivity index (χ1n) is 17.7. The van der Waals surface area contributed by atoms with Crippen LogP contribution in [-0.2, 0) is 27.8 Å². The zero-order valence-electron chi connectivity index (χ0n) is 31.2. The van der Waals surface area contributed by atoms with Crippen LogP contribution in [0.25, 0.3) is 10.6 Å². The number of aliphatic hydroxyl groups is 1. The number of aliphatic hydroxyl groups excluding tert-OH is 1. The maximum absolute atomic E-state index is 14.4. The number of amides is 3. The molecule has 2 aromatic heterocycles. The molecule has 2 N–H and O–H groups in total. The molecule has 0 saturated carbocycles. The third kappa shape index (κ3) is 9.99. The van der Waals surface area contributed by atoms with Gasteiger partial charge in [0.2, 0.25) is 15.9 Å². The third-order valence-corrected chi connectivity index (χ3v) is 11.9. The van der Waals surface area contributed by atoms with Crippen molar-refractivity contribution in [1.29, 1.82) is 0 Å². The van der Waals surface area contributed by atoms with Crippen molar-refractivity contribution in [2.24, 2.45) is 11.3 Å². The molecule has 0 unspecified atom stereocenters. The number of nitrogens with one attached hydrogen (secondary N) is 1. The summed E-state index contributed by atoms with van der Waals surface area (Å²) in [7, 11) is -2.51. The molecule has 1 aliphatic heterocycles. The maximum Gasteiger partial charge on any atom is 0.321 e. The molecule has 1 aliphatic rings. The van der Waals surface area contributed by atoms with Gasteiger partial charge in [0.1, 0.15) is 16.8 Å². The van der Waals surface area contributed by atoms with Crippen LogP contribution in [0.3, 0.4) is 0 Å². The van der Waals surface area contributed by atoms with E-state index < -0.39 is 39.5 Å². The Morgan fingerprint density at radius 2 is 1.75 bits per heavy atom. The molecule has 5 rings (SSSR count). The van der Waals surface area contributed by atoms with E-state index in [9.17, 15) is 23.1 Å². The van der Waals surface area contributed by atoms with Crippen molar-refractivity contribution in [3.8, 4) is 16.3 Å². The van der Waals surface area contributed by atoms with E-state index >= 15 is 0 Å². The van der Waals surface area contributed by atoms with Gasteiger partial charge < -0.3 is 25.0 Å². The van der Waals surface area contributed by atoms with Crippen LogP contribution in [0.1, 0.15) is 45.9 Å². The van der Waals surface area contributed by atoms with Crippen molar-refractivity contribution < 1.29 is 27.9 Å². The molecule has 14 heteroatoms. The second-order valence-electron chi connectivity index (χ2n) is 14.8. The first-order chi connectivity index (χ1) is 25.2. The maximum atomic E-state index is 14.4. The van der Waals surface area contributed by atoms with Crippen molar-refractivity contribution in [3.05, 3.63) is 95.8 Å². The molecule has 3 amide bonds. The molecule has 2 aromatic carbocycles. The summed E-state index contributed by atoms with van der Waals surface area (Å²) in [5.74, 6) is 0.0581. The second-order valence-corrected chi connectivity index (χ2v) is 17.6. The van der Waals surface area contributed by atoms with Gasteiger partial charge in [-0.25, -0.2) is 18.2 Å². The van der Waals surface area contributed by atoms with E-state index in [-0.39, 0.29) is 36.4 Å². The average molecular weight is 763 g/mol. The molecule has 1 saturated heterocycles. The van der Waals surface area contributed by atoms with Crippen molar-refractivity contribution in [2.75, 3.05) is 33.3 Å². The number of nitrogens with zero attached hydrogens (tertiary/aromatic N) is 5. The molecule has 284 valence electrons. The van der Waals surface area contributed by atoms with Crippen LogP contribution in [0.4, 0.5) is 4.79 Å². The van der Waals surface area contributed by atoms with Crippen molar-refractivity contribution in [1.82, 2.24) is 29.4 Å². The fourth-order valence-electron chi connectivity index (χ4n) is 6.51. The average Bonchev–Trinajstić information content (AvgIpc) is 3.74. The number of thiazole rings is 1. The van der Waals surface area contributed by atoms with Crippen molar-refractivity contribution in [2.45, 2.75) is 70.7 Å². The monoisotopic (exact) mass is 762 g/mol. The molecule has 1 fully saturated rings. The second kappa shape index (κ2) is 17.2. The summed E-state index contributed by atoms with van der Waals surface area (Å²) >= 11 is 1.49. The number of carbonyl (C=O) groups is 2. The van der Waals surface area contributed by atoms with Crippen LogP contribution >= 0.6 is 11.3 Å². The minimum Gasteiger partial charge on any atom is -0.497 e. The highest BCUT2D eigenvalue weighted by molar-refractivity contribution is 7.89. The van der Waals surface area contributed by atoms with Crippen LogP contribution in [0.5, 0.6) is 5.75 Å². The largest absolute Gasteiger partial charge is 0.497 e. The summed E-state index contributed by atoms with van der Waals surface area (Å²) < 4.78 is 34.3. The molecule has 0 radical (unpaired) electrons. The number of hydrogen-bond acceptors (Lipinski definition) is 9. The normalized spacial score (nSPS) is 15.5. The number of sulfonamides is 1. The van der Waals surface area contributed by atoms with Crippen molar-refractivity contribution >= 4 is 33.3 Å². The molecule has 3 heterocycles. The number of methoxy groups -OCH3 is 1. The zero-order valence-corrected chi connectivity index (χ0v) is 32.8. The highest BCUT2D eigenvalue weighted by Gasteiger charge is 2.44. The standard InChI is InChI=1S/C39H50N6O6S2/c1-27(2)23-44(53(49,50)32-16-14-31(51-6)15-17-32)25-34(46)33(21-28-11-8-7-9-12-28)42-36(47)35(39(3,4)5)45-20-19-43(38(45)48)24-30-26-52-37(41-30)29-13-10-18-40-22-29/h7-18,22,26-27,33-35,46H,19-21,23-25H2,1-6H3,(H,42,47)/t33-,34-,35+/m0/s1. The highest BCUT2D eigenvalue weighted by Crippen LogP contribution is 2.30. The lowest BCUT2D eigenvalue weighted by Crippen LogP contribution is -2.59. The smallest absolute Gasteiger partial charge is 0.321 e. The van der Waals surface area contributed by atoms with Gasteiger partial charge in [-0.05, 0) is 59.7 Å². The van der Waals surface area contributed by atoms with E-state index in [4.69, 9.17) is 9.72 Å². The number of aromatic nitrogens is 2. The van der Waals surface area contributed by atoms with Crippen LogP contribution in [-0.4, -0.2) is 101 Å². The zero-order chi connectivity index (χ0) is 38.3. The predicted octanol–water partition coefficient (Wildman–Crippen LogP) is 5.30. The Hall–Kier alpha value is -4.37. The molecule has 0 spiro atoms. The SMILES string of the molecule is COc1ccc(S(=O)(=O)N(CC(C)C)C[C@H](O)[C@H](Cc2ccccc2)NC(=O)[C@@H](N2CCN(Cc3csc(-c4cccnc4)n3)C2=O)C(C)(C)C)cc1. The minimum absolute atomic E-state index is 0.0435. The number of pyridine rings is 1. The van der Waals surface area contributed by atoms with E-state index in [2.05, 4.69) is 10.3 Å². The molecule has 4 aromatic rings. The summed E-state index contributed by atoms with van der Waals surface area (Å²) in [6, 6.07) is 17.3. The lowest BCUT2D eigenvalue weighted by atomic mass is 9.84. The molecule has 3 atom stereocenters. The summed E-state index contributed by atoms with van der Waals surface area (Å²) in [6.45, 7) is 10.5. The Morgan fingerprint density at radius 1 is 1.04 bits per heavy atom. The van der Waals surface area contributed by atoms with E-state index in [1.165, 1.54) is 34.9 Å². The van der Waals surface area contributed by atoms with Gasteiger partial charge in [-0.2, -0.15) is 4.31 Å². The van der Waals surface area contributed by atoms with Crippen LogP contribution in [0.15, 0.2) is 89.4 Å². The van der Waals surface area contributed by atoms with Gasteiger partial charge in [0.25, 0.3) is 0 Å². The molecular formula is C39H50N6O6S2. The molecule has 53 heavy (non-hydrogen) atoms. The van der Waals surface area contributed by atoms with E-state index in [1.807, 2.05) is 82.5 Å². The van der Waals surface area contributed by atoms with Crippen LogP contribution < -0.4 is 10.1 Å². The Morgan fingerprint density at radius 3 is 2.38 bits per heavy atom. The fraction of sp³-hybridized carbons (Fsp3) is 0.436. The van der Waals surface area contributed by atoms with Gasteiger partial charge >= 0.3 is 6.03 Å². The van der Waals surface area contributed by atoms with Gasteiger partial charge in [-0.3, -0.25) is 9.78 Å². The lowest BCUT2D eigenvalue weighted by Gasteiger charge is -2.38. The number of ether oxygens (including phenoxy) is 1. The number of rotatable bonds is 16. The molecule has 0 bridgehead atoms. The van der Waals surface area contributed by atoms with Gasteiger partial charge in [-0.15, -0.1) is 11.3 Å². The van der Waals surface area contributed by atoms with Gasteiger partial charge in [0.15, 0.2) is 0 Å². The summed E-state index contributed by atoms with van der Waals surface area (Å²) in [5.41, 5.74) is 1.84. The Balaban J connectivity index is 1.36. The summed E-state index contributed by atoms with van der Waals surface area (Å²) in [6.07, 6.45) is 2.42. The highest BCUT2D eigenvalue weighted by atomic mass is 32.2. The van der Waals surface area contributed by atoms with E-state index in [0.29, 0.717) is 25.4 Å². The number of hydrogen-bond donors (Lipinski definition) is 2. The number of urea groups is 1. The third-order valence-electron chi connectivity index (χ3n) is 9.07. The quantitative estimate of drug-likeness (QED) is 0.157. The van der Waals surface area contributed by atoms with E-state index in [0.717, 1.165) is 21.8 Å². The Kier molecular flexibility index (Phi) is 12.9. The summed E-state index contributed by atoms with van der Waals surface area (Å²) in [4.78, 5) is 40.6. The van der Waals surface area contributed by atoms with Gasteiger partial charge in [0, 0.05) is 49.5 Å². The van der Waals surface area contributed by atoms with Crippen molar-refractivity contribution in [3.63, 3.8) is 0 Å².